The van der Waals surface area contributed by atoms with Gasteiger partial charge in [-0.15, -0.1) is 0 Å². The number of amides is 1. The number of benzene rings is 2. The second-order valence-electron chi connectivity index (χ2n) is 8.18. The molecule has 2 heterocycles. The van der Waals surface area contributed by atoms with Crippen molar-refractivity contribution in [2.24, 2.45) is 0 Å². The Labute approximate surface area is 205 Å². The van der Waals surface area contributed by atoms with Gasteiger partial charge in [-0.3, -0.25) is 9.78 Å². The number of aromatic nitrogens is 3. The number of carbonyl (C=O) groups excluding carboxylic acids is 1. The molecule has 0 unspecified atom stereocenters. The molecule has 0 aliphatic heterocycles. The highest BCUT2D eigenvalue weighted by Crippen LogP contribution is 2.29. The van der Waals surface area contributed by atoms with Crippen LogP contribution in [-0.2, 0) is 13.1 Å². The number of ether oxygens (including phenoxy) is 2. The monoisotopic (exact) mass is 470 g/mol. The Kier molecular flexibility index (Phi) is 7.77. The van der Waals surface area contributed by atoms with Gasteiger partial charge in [0.05, 0.1) is 36.9 Å². The lowest BCUT2D eigenvalue weighted by atomic mass is 10.2. The predicted octanol–water partition coefficient (Wildman–Crippen LogP) is 5.21. The molecule has 0 aliphatic rings. The van der Waals surface area contributed by atoms with Crippen LogP contribution in [0, 0.1) is 0 Å². The summed E-state index contributed by atoms with van der Waals surface area (Å²) in [4.78, 5) is 23.4. The minimum Gasteiger partial charge on any atom is -0.493 e. The minimum atomic E-state index is -0.0894. The highest BCUT2D eigenvalue weighted by atomic mass is 16.5. The molecule has 0 radical (unpaired) electrons. The Hall–Kier alpha value is -4.13. The number of nitrogens with zero attached hydrogens (tertiary/aromatic N) is 4. The van der Waals surface area contributed by atoms with E-state index in [4.69, 9.17) is 14.5 Å². The fourth-order valence-corrected chi connectivity index (χ4v) is 3.99. The van der Waals surface area contributed by atoms with Gasteiger partial charge in [0.15, 0.2) is 11.5 Å². The van der Waals surface area contributed by atoms with Crippen LogP contribution in [0.5, 0.6) is 11.5 Å². The van der Waals surface area contributed by atoms with Crippen molar-refractivity contribution in [1.29, 1.82) is 0 Å². The first-order valence-corrected chi connectivity index (χ1v) is 11.6. The second-order valence-corrected chi connectivity index (χ2v) is 8.18. The van der Waals surface area contributed by atoms with Crippen molar-refractivity contribution in [2.75, 3.05) is 20.8 Å². The second kappa shape index (κ2) is 11.3. The van der Waals surface area contributed by atoms with E-state index < -0.39 is 0 Å². The minimum absolute atomic E-state index is 0.0894. The van der Waals surface area contributed by atoms with Gasteiger partial charge in [-0.1, -0.05) is 30.4 Å². The first kappa shape index (κ1) is 24.0. The van der Waals surface area contributed by atoms with E-state index in [1.54, 1.807) is 43.6 Å². The number of hydrogen-bond acceptors (Lipinski definition) is 5. The molecule has 0 aliphatic carbocycles. The molecule has 4 rings (SSSR count). The number of para-hydroxylation sites is 2. The van der Waals surface area contributed by atoms with Crippen molar-refractivity contribution in [1.82, 2.24) is 19.4 Å². The highest BCUT2D eigenvalue weighted by Gasteiger charge is 2.17. The van der Waals surface area contributed by atoms with Crippen LogP contribution >= 0.6 is 0 Å². The van der Waals surface area contributed by atoms with Crippen LogP contribution in [0.15, 0.2) is 73.1 Å². The third kappa shape index (κ3) is 5.69. The highest BCUT2D eigenvalue weighted by molar-refractivity contribution is 5.93. The van der Waals surface area contributed by atoms with Gasteiger partial charge >= 0.3 is 0 Å². The zero-order chi connectivity index (χ0) is 24.6. The van der Waals surface area contributed by atoms with E-state index in [1.807, 2.05) is 55.5 Å². The van der Waals surface area contributed by atoms with E-state index in [2.05, 4.69) is 15.6 Å². The van der Waals surface area contributed by atoms with E-state index in [0.29, 0.717) is 31.0 Å². The summed E-state index contributed by atoms with van der Waals surface area (Å²) in [5.74, 6) is 2.18. The van der Waals surface area contributed by atoms with Gasteiger partial charge in [-0.25, -0.2) is 4.98 Å². The first-order chi connectivity index (χ1) is 17.1. The molecule has 4 aromatic rings. The quantitative estimate of drug-likeness (QED) is 0.298. The van der Waals surface area contributed by atoms with E-state index in [1.165, 1.54) is 0 Å². The zero-order valence-electron chi connectivity index (χ0n) is 20.3. The van der Waals surface area contributed by atoms with Gasteiger partial charge in [0.1, 0.15) is 5.82 Å². The average molecular weight is 471 g/mol. The number of aryl methyl sites for hydroxylation is 1. The molecule has 7 heteroatoms. The summed E-state index contributed by atoms with van der Waals surface area (Å²) in [5.41, 5.74) is 3.57. The molecular weight excluding hydrogens is 440 g/mol. The van der Waals surface area contributed by atoms with Gasteiger partial charge in [-0.05, 0) is 55.3 Å². The zero-order valence-corrected chi connectivity index (χ0v) is 20.3. The van der Waals surface area contributed by atoms with Crippen molar-refractivity contribution >= 4 is 23.0 Å². The largest absolute Gasteiger partial charge is 0.493 e. The molecule has 7 nitrogen and oxygen atoms in total. The molecule has 2 aromatic heterocycles. The van der Waals surface area contributed by atoms with E-state index in [0.717, 1.165) is 34.6 Å². The summed E-state index contributed by atoms with van der Waals surface area (Å²) in [5, 5.41) is 0. The molecule has 180 valence electrons. The summed E-state index contributed by atoms with van der Waals surface area (Å²) >= 11 is 0. The third-order valence-electron chi connectivity index (χ3n) is 5.70. The Balaban J connectivity index is 1.45. The van der Waals surface area contributed by atoms with Gasteiger partial charge < -0.3 is 18.9 Å². The lowest BCUT2D eigenvalue weighted by Crippen LogP contribution is -2.28. The Bertz CT molecular complexity index is 1310. The van der Waals surface area contributed by atoms with Gasteiger partial charge in [-0.2, -0.15) is 0 Å². The topological polar surface area (TPSA) is 69.5 Å². The number of fused-ring (bicyclic) bond motifs is 1. The van der Waals surface area contributed by atoms with Crippen LogP contribution in [0.1, 0.15) is 35.1 Å². The fourth-order valence-electron chi connectivity index (χ4n) is 3.99. The van der Waals surface area contributed by atoms with Crippen LogP contribution in [0.2, 0.25) is 0 Å². The van der Waals surface area contributed by atoms with Crippen molar-refractivity contribution < 1.29 is 14.3 Å². The molecule has 2 aromatic carbocycles. The van der Waals surface area contributed by atoms with E-state index in [-0.39, 0.29) is 5.91 Å². The molecule has 0 N–H and O–H groups in total. The normalized spacial score (nSPS) is 11.2. The molecule has 35 heavy (non-hydrogen) atoms. The summed E-state index contributed by atoms with van der Waals surface area (Å²) in [7, 11) is 3.43. The molecular formula is C28H30N4O3. The molecule has 0 bridgehead atoms. The summed E-state index contributed by atoms with van der Waals surface area (Å²) in [6.07, 6.45) is 8.02. The van der Waals surface area contributed by atoms with Crippen molar-refractivity contribution in [3.05, 3.63) is 90.0 Å². The van der Waals surface area contributed by atoms with Crippen LogP contribution < -0.4 is 9.47 Å². The van der Waals surface area contributed by atoms with Gasteiger partial charge in [0.2, 0.25) is 0 Å². The molecule has 1 amide bonds. The molecule has 0 saturated heterocycles. The van der Waals surface area contributed by atoms with Gasteiger partial charge in [0, 0.05) is 26.0 Å². The van der Waals surface area contributed by atoms with Gasteiger partial charge in [0.25, 0.3) is 5.91 Å². The van der Waals surface area contributed by atoms with E-state index >= 15 is 0 Å². The third-order valence-corrected chi connectivity index (χ3v) is 5.70. The number of carbonyl (C=O) groups is 1. The predicted molar refractivity (Wildman–Crippen MR) is 138 cm³/mol. The summed E-state index contributed by atoms with van der Waals surface area (Å²) < 4.78 is 13.7. The maximum absolute atomic E-state index is 12.8. The number of methoxy groups -OCH3 is 1. The smallest absolute Gasteiger partial charge is 0.255 e. The lowest BCUT2D eigenvalue weighted by Gasteiger charge is -2.18. The van der Waals surface area contributed by atoms with Crippen LogP contribution in [0.25, 0.3) is 17.1 Å². The number of allylic oxidation sites excluding steroid dienone is 1. The van der Waals surface area contributed by atoms with Crippen LogP contribution in [-0.4, -0.2) is 46.1 Å². The Morgan fingerprint density at radius 2 is 1.97 bits per heavy atom. The molecule has 0 fully saturated rings. The molecule has 0 atom stereocenters. The maximum Gasteiger partial charge on any atom is 0.255 e. The standard InChI is InChI=1S/C28H30N4O3/c1-4-9-21-13-14-25(26(18-21)34-3)35-17-8-16-32-24-12-6-5-11-23(24)30-27(32)20-31(2)28(33)22-10-7-15-29-19-22/h4-7,9-15,18-19H,8,16-17,20H2,1-3H3/b9-4+. The summed E-state index contributed by atoms with van der Waals surface area (Å²) in [6.45, 7) is 3.61. The molecule has 0 saturated carbocycles. The number of hydrogen-bond donors (Lipinski definition) is 0. The lowest BCUT2D eigenvalue weighted by molar-refractivity contribution is 0.0779. The maximum atomic E-state index is 12.8. The Morgan fingerprint density at radius 3 is 2.74 bits per heavy atom. The molecule has 0 spiro atoms. The SMILES string of the molecule is C/C=C/c1ccc(OCCCn2c(CN(C)C(=O)c3cccnc3)nc3ccccc32)c(OC)c1. The van der Waals surface area contributed by atoms with Crippen LogP contribution in [0.4, 0.5) is 0 Å². The number of rotatable bonds is 10. The average Bonchev–Trinajstić information content (AvgIpc) is 3.24. The van der Waals surface area contributed by atoms with Crippen molar-refractivity contribution in [2.45, 2.75) is 26.4 Å². The van der Waals surface area contributed by atoms with Crippen LogP contribution in [0.3, 0.4) is 0 Å². The van der Waals surface area contributed by atoms with Crippen molar-refractivity contribution in [3.63, 3.8) is 0 Å². The Morgan fingerprint density at radius 1 is 1.11 bits per heavy atom. The van der Waals surface area contributed by atoms with E-state index in [9.17, 15) is 4.79 Å². The summed E-state index contributed by atoms with van der Waals surface area (Å²) in [6, 6.07) is 17.5. The van der Waals surface area contributed by atoms with Crippen molar-refractivity contribution in [3.8, 4) is 11.5 Å². The number of pyridine rings is 1. The first-order valence-electron chi connectivity index (χ1n) is 11.6. The number of imidazole rings is 1. The fraction of sp³-hybridized carbons (Fsp3) is 0.250.